The Morgan fingerprint density at radius 1 is 0.560 bits per heavy atom. The third kappa shape index (κ3) is 7.98. The van der Waals surface area contributed by atoms with Crippen LogP contribution in [0.2, 0.25) is 0 Å². The van der Waals surface area contributed by atoms with Crippen molar-refractivity contribution in [2.45, 2.75) is 39.0 Å². The molecule has 0 amide bonds. The third-order valence-corrected chi connectivity index (χ3v) is 8.86. The molecule has 5 aromatic carbocycles. The number of nitrogens with zero attached hydrogens (tertiary/aromatic N) is 6. The first-order chi connectivity index (χ1) is 24.6. The molecule has 0 saturated carbocycles. The van der Waals surface area contributed by atoms with Crippen molar-refractivity contribution < 1.29 is 9.47 Å². The molecule has 0 radical (unpaired) electrons. The second kappa shape index (κ2) is 15.5. The molecule has 0 unspecified atom stereocenters. The van der Waals surface area contributed by atoms with E-state index in [1.807, 2.05) is 58.2 Å². The summed E-state index contributed by atoms with van der Waals surface area (Å²) >= 11 is 0. The van der Waals surface area contributed by atoms with Gasteiger partial charge in [-0.15, -0.1) is 0 Å². The second-order valence-corrected chi connectivity index (χ2v) is 12.2. The number of aromatic nitrogens is 4. The highest BCUT2D eigenvalue weighted by Gasteiger charge is 2.08. The SMILES string of the molecule is C[C@@H](N=Cc1nccn1CCOc1ccc(OCCn2ccnc2C=N[C@H](C)c2ccc3ccccc3c2)cc1)c1ccc2ccccc2c1. The molecule has 0 bridgehead atoms. The molecule has 0 aliphatic carbocycles. The molecule has 0 saturated heterocycles. The van der Waals surface area contributed by atoms with Gasteiger partial charge in [0.2, 0.25) is 0 Å². The molecule has 0 aliphatic heterocycles. The average Bonchev–Trinajstić information content (AvgIpc) is 3.82. The van der Waals surface area contributed by atoms with Crippen molar-refractivity contribution in [3.8, 4) is 11.5 Å². The molecule has 0 aliphatic rings. The Morgan fingerprint density at radius 3 is 1.42 bits per heavy atom. The maximum Gasteiger partial charge on any atom is 0.150 e. The molecular weight excluding hydrogens is 621 g/mol. The van der Waals surface area contributed by atoms with Gasteiger partial charge >= 0.3 is 0 Å². The summed E-state index contributed by atoms with van der Waals surface area (Å²) in [6.07, 6.45) is 11.2. The molecule has 250 valence electrons. The molecule has 0 N–H and O–H groups in total. The maximum atomic E-state index is 6.03. The summed E-state index contributed by atoms with van der Waals surface area (Å²) in [5, 5.41) is 4.90. The Bertz CT molecular complexity index is 2070. The summed E-state index contributed by atoms with van der Waals surface area (Å²) in [5.41, 5.74) is 2.35. The largest absolute Gasteiger partial charge is 0.492 e. The fourth-order valence-corrected chi connectivity index (χ4v) is 5.89. The molecule has 8 nitrogen and oxygen atoms in total. The maximum absolute atomic E-state index is 6.03. The van der Waals surface area contributed by atoms with Crippen molar-refractivity contribution in [3.63, 3.8) is 0 Å². The van der Waals surface area contributed by atoms with Crippen molar-refractivity contribution in [1.29, 1.82) is 0 Å². The molecule has 0 spiro atoms. The van der Waals surface area contributed by atoms with Crippen LogP contribution in [0.1, 0.15) is 48.7 Å². The third-order valence-electron chi connectivity index (χ3n) is 8.86. The van der Waals surface area contributed by atoms with Crippen LogP contribution in [0, 0.1) is 0 Å². The number of ether oxygens (including phenoxy) is 2. The van der Waals surface area contributed by atoms with Crippen LogP contribution < -0.4 is 9.47 Å². The van der Waals surface area contributed by atoms with E-state index in [0.717, 1.165) is 23.1 Å². The van der Waals surface area contributed by atoms with Crippen LogP contribution in [-0.2, 0) is 13.1 Å². The van der Waals surface area contributed by atoms with Gasteiger partial charge in [-0.25, -0.2) is 9.97 Å². The molecule has 7 rings (SSSR count). The lowest BCUT2D eigenvalue weighted by atomic mass is 10.0. The Labute approximate surface area is 292 Å². The lowest BCUT2D eigenvalue weighted by Crippen LogP contribution is -2.11. The van der Waals surface area contributed by atoms with Crippen LogP contribution in [0.5, 0.6) is 11.5 Å². The van der Waals surface area contributed by atoms with E-state index >= 15 is 0 Å². The Morgan fingerprint density at radius 2 is 0.980 bits per heavy atom. The second-order valence-electron chi connectivity index (χ2n) is 12.2. The van der Waals surface area contributed by atoms with E-state index in [1.165, 1.54) is 32.7 Å². The smallest absolute Gasteiger partial charge is 0.150 e. The number of hydrogen-bond acceptors (Lipinski definition) is 6. The number of benzene rings is 5. The summed E-state index contributed by atoms with van der Waals surface area (Å²) in [6.45, 7) is 6.51. The number of rotatable bonds is 14. The van der Waals surface area contributed by atoms with Gasteiger partial charge in [0, 0.05) is 24.8 Å². The number of fused-ring (bicyclic) bond motifs is 2. The zero-order chi connectivity index (χ0) is 34.1. The van der Waals surface area contributed by atoms with Gasteiger partial charge in [-0.2, -0.15) is 0 Å². The van der Waals surface area contributed by atoms with Gasteiger partial charge in [0.05, 0.1) is 37.6 Å². The van der Waals surface area contributed by atoms with Gasteiger partial charge in [0.25, 0.3) is 0 Å². The fourth-order valence-electron chi connectivity index (χ4n) is 5.89. The fraction of sp³-hybridized carbons (Fsp3) is 0.190. The van der Waals surface area contributed by atoms with E-state index in [2.05, 4.69) is 109 Å². The molecule has 0 fully saturated rings. The van der Waals surface area contributed by atoms with Crippen molar-refractivity contribution in [1.82, 2.24) is 19.1 Å². The van der Waals surface area contributed by atoms with Crippen molar-refractivity contribution >= 4 is 34.0 Å². The van der Waals surface area contributed by atoms with Gasteiger partial charge in [-0.3, -0.25) is 9.98 Å². The lowest BCUT2D eigenvalue weighted by molar-refractivity contribution is 0.290. The zero-order valence-corrected chi connectivity index (χ0v) is 28.3. The first-order valence-electron chi connectivity index (χ1n) is 17.0. The predicted molar refractivity (Wildman–Crippen MR) is 202 cm³/mol. The molecule has 2 heterocycles. The monoisotopic (exact) mass is 660 g/mol. The normalized spacial score (nSPS) is 13.0. The Kier molecular flexibility index (Phi) is 10.1. The first-order valence-corrected chi connectivity index (χ1v) is 17.0. The van der Waals surface area contributed by atoms with Crippen LogP contribution in [0.15, 0.2) is 144 Å². The van der Waals surface area contributed by atoms with Gasteiger partial charge < -0.3 is 18.6 Å². The lowest BCUT2D eigenvalue weighted by Gasteiger charge is -2.11. The minimum atomic E-state index is 0.0213. The van der Waals surface area contributed by atoms with Crippen LogP contribution in [0.25, 0.3) is 21.5 Å². The van der Waals surface area contributed by atoms with Gasteiger partial charge in [-0.1, -0.05) is 72.8 Å². The van der Waals surface area contributed by atoms with E-state index in [1.54, 1.807) is 12.4 Å². The standard InChI is InChI=1S/C42H40N6O2/c1-31(35-13-11-33-7-3-5-9-37(33)27-35)45-29-41-43-19-21-47(41)23-25-49-39-15-17-40(18-16-39)50-26-24-48-22-20-44-42(48)30-46-32(2)36-14-12-34-8-4-6-10-38(34)28-36/h3-22,27-32H,23-26H2,1-2H3/t31-,32-/m1/s1. The summed E-state index contributed by atoms with van der Waals surface area (Å²) in [5.74, 6) is 3.17. The van der Waals surface area contributed by atoms with Gasteiger partial charge in [0.15, 0.2) is 11.6 Å². The molecule has 2 aromatic heterocycles. The van der Waals surface area contributed by atoms with Crippen LogP contribution in [0.3, 0.4) is 0 Å². The predicted octanol–water partition coefficient (Wildman–Crippen LogP) is 8.90. The van der Waals surface area contributed by atoms with E-state index < -0.39 is 0 Å². The minimum Gasteiger partial charge on any atom is -0.492 e. The summed E-state index contributed by atoms with van der Waals surface area (Å²) < 4.78 is 16.2. The Hall–Kier alpha value is -6.02. The minimum absolute atomic E-state index is 0.0213. The highest BCUT2D eigenvalue weighted by molar-refractivity contribution is 5.84. The van der Waals surface area contributed by atoms with E-state index in [0.29, 0.717) is 26.3 Å². The van der Waals surface area contributed by atoms with Gasteiger partial charge in [-0.05, 0) is 82.9 Å². The molecular formula is C42H40N6O2. The topological polar surface area (TPSA) is 78.8 Å². The van der Waals surface area contributed by atoms with Crippen molar-refractivity contribution in [2.75, 3.05) is 13.2 Å². The van der Waals surface area contributed by atoms with E-state index in [-0.39, 0.29) is 12.1 Å². The number of hydrogen-bond donors (Lipinski definition) is 0. The van der Waals surface area contributed by atoms with Crippen LogP contribution in [-0.4, -0.2) is 44.7 Å². The van der Waals surface area contributed by atoms with Crippen molar-refractivity contribution in [3.05, 3.63) is 157 Å². The van der Waals surface area contributed by atoms with Crippen molar-refractivity contribution in [2.24, 2.45) is 9.98 Å². The quantitative estimate of drug-likeness (QED) is 0.109. The number of imidazole rings is 2. The van der Waals surface area contributed by atoms with E-state index in [9.17, 15) is 0 Å². The highest BCUT2D eigenvalue weighted by atomic mass is 16.5. The summed E-state index contributed by atoms with van der Waals surface area (Å²) in [4.78, 5) is 18.6. The summed E-state index contributed by atoms with van der Waals surface area (Å²) in [7, 11) is 0. The first kappa shape index (κ1) is 32.5. The zero-order valence-electron chi connectivity index (χ0n) is 28.3. The molecule has 50 heavy (non-hydrogen) atoms. The van der Waals surface area contributed by atoms with E-state index in [4.69, 9.17) is 19.5 Å². The highest BCUT2D eigenvalue weighted by Crippen LogP contribution is 2.24. The average molecular weight is 661 g/mol. The molecule has 7 aromatic rings. The summed E-state index contributed by atoms with van der Waals surface area (Å²) in [6, 6.07) is 37.5. The number of aliphatic imine (C=N–C) groups is 2. The Balaban J connectivity index is 0.859. The van der Waals surface area contributed by atoms with Crippen LogP contribution >= 0.6 is 0 Å². The van der Waals surface area contributed by atoms with Crippen LogP contribution in [0.4, 0.5) is 0 Å². The molecule has 2 atom stereocenters. The molecule has 8 heteroatoms. The van der Waals surface area contributed by atoms with Gasteiger partial charge in [0.1, 0.15) is 24.7 Å².